The number of nitrogens with one attached hydrogen (secondary N) is 2. The number of aromatic amines is 1. The zero-order valence-electron chi connectivity index (χ0n) is 13.5. The Bertz CT molecular complexity index is 679. The lowest BCUT2D eigenvalue weighted by atomic mass is 9.95. The highest BCUT2D eigenvalue weighted by Crippen LogP contribution is 2.27. The van der Waals surface area contributed by atoms with Gasteiger partial charge in [-0.25, -0.2) is 0 Å². The molecule has 4 rings (SSSR count). The molecular weight excluding hydrogens is 324 g/mol. The average molecular weight is 346 g/mol. The Morgan fingerprint density at radius 1 is 1.33 bits per heavy atom. The van der Waals surface area contributed by atoms with E-state index in [1.807, 2.05) is 18.2 Å². The smallest absolute Gasteiger partial charge is 0.261 e. The number of likely N-dealkylation sites (tertiary alicyclic amines) is 1. The molecule has 1 amide bonds. The van der Waals surface area contributed by atoms with E-state index in [-0.39, 0.29) is 5.91 Å². The van der Waals surface area contributed by atoms with Gasteiger partial charge < -0.3 is 10.1 Å². The first kappa shape index (κ1) is 15.8. The first-order valence-corrected chi connectivity index (χ1v) is 9.34. The third kappa shape index (κ3) is 3.24. The van der Waals surface area contributed by atoms with Gasteiger partial charge in [-0.15, -0.1) is 11.3 Å². The molecule has 0 aliphatic carbocycles. The molecule has 7 heteroatoms. The normalized spacial score (nSPS) is 22.2. The van der Waals surface area contributed by atoms with E-state index in [2.05, 4.69) is 20.4 Å². The van der Waals surface area contributed by atoms with Gasteiger partial charge in [0, 0.05) is 44.6 Å². The highest BCUT2D eigenvalue weighted by molar-refractivity contribution is 7.17. The third-order valence-corrected chi connectivity index (χ3v) is 6.06. The van der Waals surface area contributed by atoms with Crippen molar-refractivity contribution in [2.75, 3.05) is 26.3 Å². The van der Waals surface area contributed by atoms with Gasteiger partial charge in [-0.3, -0.25) is 14.8 Å². The van der Waals surface area contributed by atoms with Crippen molar-refractivity contribution in [1.29, 1.82) is 0 Å². The highest BCUT2D eigenvalue weighted by Gasteiger charge is 2.34. The van der Waals surface area contributed by atoms with Gasteiger partial charge in [0.1, 0.15) is 0 Å². The molecule has 6 nitrogen and oxygen atoms in total. The van der Waals surface area contributed by atoms with Crippen LogP contribution in [0.2, 0.25) is 0 Å². The SMILES string of the molecule is O=C(NCC1CCN1C1CCOCC1)c1ccc(-c2ccn[nH]2)s1. The second-order valence-electron chi connectivity index (χ2n) is 6.37. The van der Waals surface area contributed by atoms with E-state index in [1.165, 1.54) is 17.8 Å². The monoisotopic (exact) mass is 346 g/mol. The lowest BCUT2D eigenvalue weighted by Crippen LogP contribution is -2.58. The van der Waals surface area contributed by atoms with Crippen molar-refractivity contribution in [1.82, 2.24) is 20.4 Å². The third-order valence-electron chi connectivity index (χ3n) is 4.94. The number of hydrogen-bond acceptors (Lipinski definition) is 5. The first-order chi connectivity index (χ1) is 11.8. The average Bonchev–Trinajstić information content (AvgIpc) is 3.26. The highest BCUT2D eigenvalue weighted by atomic mass is 32.1. The molecule has 0 aromatic carbocycles. The minimum absolute atomic E-state index is 0.0181. The second kappa shape index (κ2) is 7.04. The number of nitrogens with zero attached hydrogens (tertiary/aromatic N) is 2. The number of rotatable bonds is 5. The molecule has 1 unspecified atom stereocenters. The summed E-state index contributed by atoms with van der Waals surface area (Å²) < 4.78 is 5.44. The minimum Gasteiger partial charge on any atom is -0.381 e. The summed E-state index contributed by atoms with van der Waals surface area (Å²) in [6.07, 6.45) is 5.11. The van der Waals surface area contributed by atoms with E-state index in [9.17, 15) is 4.79 Å². The molecule has 24 heavy (non-hydrogen) atoms. The summed E-state index contributed by atoms with van der Waals surface area (Å²) in [4.78, 5) is 16.7. The Labute approximate surface area is 145 Å². The number of carbonyl (C=O) groups is 1. The lowest BCUT2D eigenvalue weighted by molar-refractivity contribution is -0.0222. The van der Waals surface area contributed by atoms with Crippen LogP contribution in [0.25, 0.3) is 10.6 Å². The zero-order valence-corrected chi connectivity index (χ0v) is 14.3. The van der Waals surface area contributed by atoms with Crippen molar-refractivity contribution < 1.29 is 9.53 Å². The van der Waals surface area contributed by atoms with Crippen molar-refractivity contribution in [3.05, 3.63) is 29.3 Å². The maximum atomic E-state index is 12.4. The lowest BCUT2D eigenvalue weighted by Gasteiger charge is -2.47. The molecule has 4 heterocycles. The molecular formula is C17H22N4O2S. The van der Waals surface area contributed by atoms with Crippen LogP contribution >= 0.6 is 11.3 Å². The van der Waals surface area contributed by atoms with Crippen molar-refractivity contribution in [2.45, 2.75) is 31.3 Å². The first-order valence-electron chi connectivity index (χ1n) is 8.52. The molecule has 2 aromatic rings. The Kier molecular flexibility index (Phi) is 4.64. The van der Waals surface area contributed by atoms with Crippen LogP contribution in [0.3, 0.4) is 0 Å². The van der Waals surface area contributed by atoms with Crippen molar-refractivity contribution in [3.63, 3.8) is 0 Å². The van der Waals surface area contributed by atoms with Gasteiger partial charge in [0.05, 0.1) is 15.4 Å². The predicted molar refractivity (Wildman–Crippen MR) is 93.2 cm³/mol. The fraction of sp³-hybridized carbons (Fsp3) is 0.529. The molecule has 0 bridgehead atoms. The van der Waals surface area contributed by atoms with Crippen molar-refractivity contribution in [2.24, 2.45) is 0 Å². The topological polar surface area (TPSA) is 70.2 Å². The molecule has 2 aromatic heterocycles. The number of amides is 1. The Hall–Kier alpha value is -1.70. The molecule has 0 radical (unpaired) electrons. The molecule has 2 N–H and O–H groups in total. The van der Waals surface area contributed by atoms with Crippen LogP contribution in [0.4, 0.5) is 0 Å². The number of hydrogen-bond donors (Lipinski definition) is 2. The molecule has 0 spiro atoms. The molecule has 1 atom stereocenters. The van der Waals surface area contributed by atoms with Crippen molar-refractivity contribution >= 4 is 17.2 Å². The van der Waals surface area contributed by atoms with E-state index < -0.39 is 0 Å². The standard InChI is InChI=1S/C17H22N4O2S/c22-17(16-2-1-15(24-16)14-3-7-19-20-14)18-11-13-4-8-21(13)12-5-9-23-10-6-12/h1-3,7,12-13H,4-6,8-11H2,(H,18,22)(H,19,20). The van der Waals surface area contributed by atoms with E-state index in [4.69, 9.17) is 4.74 Å². The van der Waals surface area contributed by atoms with E-state index in [1.54, 1.807) is 6.20 Å². The fourth-order valence-corrected chi connectivity index (χ4v) is 4.37. The summed E-state index contributed by atoms with van der Waals surface area (Å²) in [6, 6.07) is 6.86. The van der Waals surface area contributed by atoms with Crippen LogP contribution in [0.5, 0.6) is 0 Å². The van der Waals surface area contributed by atoms with E-state index >= 15 is 0 Å². The fourth-order valence-electron chi connectivity index (χ4n) is 3.47. The number of H-pyrrole nitrogens is 1. The van der Waals surface area contributed by atoms with Gasteiger partial charge in [-0.2, -0.15) is 5.10 Å². The van der Waals surface area contributed by atoms with Crippen LogP contribution < -0.4 is 5.32 Å². The summed E-state index contributed by atoms with van der Waals surface area (Å²) in [5.41, 5.74) is 0.948. The van der Waals surface area contributed by atoms with Gasteiger partial charge in [0.15, 0.2) is 0 Å². The summed E-state index contributed by atoms with van der Waals surface area (Å²) in [6.45, 7) is 3.61. The predicted octanol–water partition coefficient (Wildman–Crippen LogP) is 2.12. The Balaban J connectivity index is 1.30. The van der Waals surface area contributed by atoms with Gasteiger partial charge in [0.2, 0.25) is 0 Å². The maximum Gasteiger partial charge on any atom is 0.261 e. The van der Waals surface area contributed by atoms with Gasteiger partial charge >= 0.3 is 0 Å². The Morgan fingerprint density at radius 3 is 2.92 bits per heavy atom. The summed E-state index contributed by atoms with van der Waals surface area (Å²) in [5.74, 6) is 0.0181. The zero-order chi connectivity index (χ0) is 16.4. The van der Waals surface area contributed by atoms with Crippen LogP contribution in [0, 0.1) is 0 Å². The maximum absolute atomic E-state index is 12.4. The van der Waals surface area contributed by atoms with Gasteiger partial charge in [-0.05, 0) is 37.5 Å². The quantitative estimate of drug-likeness (QED) is 0.870. The minimum atomic E-state index is 0.0181. The van der Waals surface area contributed by atoms with Crippen LogP contribution in [0.1, 0.15) is 28.9 Å². The molecule has 0 saturated carbocycles. The molecule has 2 fully saturated rings. The molecule has 2 aliphatic heterocycles. The summed E-state index contributed by atoms with van der Waals surface area (Å²) in [7, 11) is 0. The van der Waals surface area contributed by atoms with Crippen molar-refractivity contribution in [3.8, 4) is 10.6 Å². The summed E-state index contributed by atoms with van der Waals surface area (Å²) in [5, 5.41) is 9.98. The molecule has 128 valence electrons. The number of thiophene rings is 1. The van der Waals surface area contributed by atoms with Crippen LogP contribution in [-0.4, -0.2) is 59.4 Å². The molecule has 2 saturated heterocycles. The Morgan fingerprint density at radius 2 is 2.21 bits per heavy atom. The van der Waals surface area contributed by atoms with Crippen LogP contribution in [-0.2, 0) is 4.74 Å². The number of aromatic nitrogens is 2. The summed E-state index contributed by atoms with van der Waals surface area (Å²) >= 11 is 1.49. The second-order valence-corrected chi connectivity index (χ2v) is 7.45. The van der Waals surface area contributed by atoms with Gasteiger partial charge in [0.25, 0.3) is 5.91 Å². The number of ether oxygens (including phenoxy) is 1. The van der Waals surface area contributed by atoms with E-state index in [0.717, 1.165) is 54.6 Å². The number of carbonyl (C=O) groups excluding carboxylic acids is 1. The van der Waals surface area contributed by atoms with Crippen LogP contribution in [0.15, 0.2) is 24.4 Å². The molecule has 2 aliphatic rings. The van der Waals surface area contributed by atoms with Gasteiger partial charge in [-0.1, -0.05) is 0 Å². The largest absolute Gasteiger partial charge is 0.381 e. The van der Waals surface area contributed by atoms with E-state index in [0.29, 0.717) is 12.1 Å².